The first-order valence-electron chi connectivity index (χ1n) is 11.5. The van der Waals surface area contributed by atoms with Gasteiger partial charge in [0, 0.05) is 22.2 Å². The van der Waals surface area contributed by atoms with Crippen molar-refractivity contribution >= 4 is 33.5 Å². The smallest absolute Gasteiger partial charge is 0.255 e. The molecule has 0 aliphatic heterocycles. The van der Waals surface area contributed by atoms with E-state index in [0.29, 0.717) is 35.4 Å². The molecule has 0 aliphatic rings. The van der Waals surface area contributed by atoms with Crippen molar-refractivity contribution in [2.75, 3.05) is 11.9 Å². The molecule has 1 aromatic heterocycles. The number of nitrogens with zero attached hydrogens (tertiary/aromatic N) is 1. The summed E-state index contributed by atoms with van der Waals surface area (Å²) in [5, 5.41) is 5.13. The van der Waals surface area contributed by atoms with Crippen LogP contribution in [0.3, 0.4) is 0 Å². The second kappa shape index (κ2) is 9.40. The maximum absolute atomic E-state index is 12.7. The van der Waals surface area contributed by atoms with Gasteiger partial charge in [0.2, 0.25) is 5.89 Å². The number of rotatable bonds is 7. The number of oxazole rings is 1. The molecule has 5 nitrogen and oxygen atoms in total. The summed E-state index contributed by atoms with van der Waals surface area (Å²) in [6.45, 7) is 4.95. The number of nitrogens with one attached hydrogen (secondary N) is 1. The highest BCUT2D eigenvalue weighted by atomic mass is 16.5. The molecule has 0 spiro atoms. The lowest BCUT2D eigenvalue weighted by atomic mass is 10.1. The van der Waals surface area contributed by atoms with E-state index in [0.717, 1.165) is 33.9 Å². The summed E-state index contributed by atoms with van der Waals surface area (Å²) in [7, 11) is 0. The van der Waals surface area contributed by atoms with Crippen molar-refractivity contribution in [2.24, 2.45) is 5.92 Å². The Balaban J connectivity index is 1.30. The molecule has 1 heterocycles. The third-order valence-electron chi connectivity index (χ3n) is 5.73. The van der Waals surface area contributed by atoms with Crippen molar-refractivity contribution in [1.82, 2.24) is 4.98 Å². The van der Waals surface area contributed by atoms with Crippen LogP contribution in [0.15, 0.2) is 89.3 Å². The SMILES string of the molecule is CC(C)CCOc1cccc(C(=O)Nc2ccc(-c3nc4c(ccc5ccccc54)o3)cc2)c1. The summed E-state index contributed by atoms with van der Waals surface area (Å²) >= 11 is 0. The molecule has 5 heteroatoms. The van der Waals surface area contributed by atoms with Crippen LogP contribution < -0.4 is 10.1 Å². The van der Waals surface area contributed by atoms with Gasteiger partial charge >= 0.3 is 0 Å². The van der Waals surface area contributed by atoms with E-state index in [2.05, 4.69) is 25.2 Å². The van der Waals surface area contributed by atoms with E-state index in [4.69, 9.17) is 14.1 Å². The maximum atomic E-state index is 12.7. The normalized spacial score (nSPS) is 11.3. The molecule has 0 aliphatic carbocycles. The van der Waals surface area contributed by atoms with Gasteiger partial charge in [0.05, 0.1) is 6.61 Å². The second-order valence-corrected chi connectivity index (χ2v) is 8.74. The number of amides is 1. The van der Waals surface area contributed by atoms with E-state index < -0.39 is 0 Å². The van der Waals surface area contributed by atoms with E-state index in [9.17, 15) is 4.79 Å². The Kier molecular flexibility index (Phi) is 6.00. The van der Waals surface area contributed by atoms with Crippen LogP contribution in [-0.4, -0.2) is 17.5 Å². The largest absolute Gasteiger partial charge is 0.494 e. The Morgan fingerprint density at radius 3 is 2.62 bits per heavy atom. The van der Waals surface area contributed by atoms with Gasteiger partial charge in [-0.3, -0.25) is 4.79 Å². The van der Waals surface area contributed by atoms with Crippen LogP contribution in [-0.2, 0) is 0 Å². The van der Waals surface area contributed by atoms with Gasteiger partial charge in [-0.05, 0) is 66.3 Å². The highest BCUT2D eigenvalue weighted by Crippen LogP contribution is 2.30. The van der Waals surface area contributed by atoms with Crippen LogP contribution in [0.2, 0.25) is 0 Å². The Morgan fingerprint density at radius 1 is 0.971 bits per heavy atom. The molecular formula is C29H26N2O3. The van der Waals surface area contributed by atoms with E-state index in [-0.39, 0.29) is 5.91 Å². The molecule has 1 amide bonds. The zero-order valence-electron chi connectivity index (χ0n) is 19.2. The molecule has 0 atom stereocenters. The second-order valence-electron chi connectivity index (χ2n) is 8.74. The van der Waals surface area contributed by atoms with Gasteiger partial charge in [-0.25, -0.2) is 4.98 Å². The molecule has 34 heavy (non-hydrogen) atoms. The number of hydrogen-bond acceptors (Lipinski definition) is 4. The molecule has 4 aromatic carbocycles. The van der Waals surface area contributed by atoms with Crippen LogP contribution in [0.1, 0.15) is 30.6 Å². The molecule has 5 rings (SSSR count). The molecule has 0 saturated heterocycles. The molecule has 5 aromatic rings. The number of benzene rings is 4. The minimum atomic E-state index is -0.185. The predicted octanol–water partition coefficient (Wildman–Crippen LogP) is 7.33. The Hall–Kier alpha value is -4.12. The lowest BCUT2D eigenvalue weighted by Gasteiger charge is -2.10. The molecule has 0 fully saturated rings. The van der Waals surface area contributed by atoms with Gasteiger partial charge < -0.3 is 14.5 Å². The first-order chi connectivity index (χ1) is 16.6. The molecule has 0 radical (unpaired) electrons. The third kappa shape index (κ3) is 4.64. The fraction of sp³-hybridized carbons (Fsp3) is 0.172. The molecule has 1 N–H and O–H groups in total. The van der Waals surface area contributed by atoms with Crippen LogP contribution in [0.5, 0.6) is 5.75 Å². The lowest BCUT2D eigenvalue weighted by molar-refractivity contribution is 0.102. The van der Waals surface area contributed by atoms with Crippen LogP contribution in [0.25, 0.3) is 33.3 Å². The molecule has 0 bridgehead atoms. The van der Waals surface area contributed by atoms with Crippen LogP contribution in [0, 0.1) is 5.92 Å². The number of anilines is 1. The van der Waals surface area contributed by atoms with Crippen LogP contribution >= 0.6 is 0 Å². The monoisotopic (exact) mass is 450 g/mol. The van der Waals surface area contributed by atoms with E-state index in [1.807, 2.05) is 66.7 Å². The molecule has 0 saturated carbocycles. The topological polar surface area (TPSA) is 64.4 Å². The number of fused-ring (bicyclic) bond motifs is 3. The highest BCUT2D eigenvalue weighted by Gasteiger charge is 2.12. The van der Waals surface area contributed by atoms with Crippen molar-refractivity contribution in [3.8, 4) is 17.2 Å². The summed E-state index contributed by atoms with van der Waals surface area (Å²) in [6, 6.07) is 26.9. The summed E-state index contributed by atoms with van der Waals surface area (Å²) < 4.78 is 11.8. The van der Waals surface area contributed by atoms with Gasteiger partial charge in [0.25, 0.3) is 5.91 Å². The minimum Gasteiger partial charge on any atom is -0.494 e. The van der Waals surface area contributed by atoms with Gasteiger partial charge in [-0.1, -0.05) is 50.2 Å². The van der Waals surface area contributed by atoms with Gasteiger partial charge in [-0.2, -0.15) is 0 Å². The van der Waals surface area contributed by atoms with Crippen molar-refractivity contribution in [2.45, 2.75) is 20.3 Å². The molecule has 0 unspecified atom stereocenters. The summed E-state index contributed by atoms with van der Waals surface area (Å²) in [5.41, 5.74) is 3.69. The number of aromatic nitrogens is 1. The number of carbonyl (C=O) groups excluding carboxylic acids is 1. The van der Waals surface area contributed by atoms with E-state index in [1.165, 1.54) is 0 Å². The summed E-state index contributed by atoms with van der Waals surface area (Å²) in [5.74, 6) is 1.64. The lowest BCUT2D eigenvalue weighted by Crippen LogP contribution is -2.12. The Labute approximate surface area is 198 Å². The van der Waals surface area contributed by atoms with Gasteiger partial charge in [0.1, 0.15) is 11.3 Å². The van der Waals surface area contributed by atoms with Crippen molar-refractivity contribution in [1.29, 1.82) is 0 Å². The molecular weight excluding hydrogens is 424 g/mol. The average molecular weight is 451 g/mol. The first kappa shape index (κ1) is 21.7. The number of hydrogen-bond donors (Lipinski definition) is 1. The van der Waals surface area contributed by atoms with Crippen molar-refractivity contribution < 1.29 is 13.9 Å². The van der Waals surface area contributed by atoms with Crippen LogP contribution in [0.4, 0.5) is 5.69 Å². The average Bonchev–Trinajstić information content (AvgIpc) is 3.29. The zero-order valence-corrected chi connectivity index (χ0v) is 19.2. The zero-order chi connectivity index (χ0) is 23.5. The third-order valence-corrected chi connectivity index (χ3v) is 5.73. The maximum Gasteiger partial charge on any atom is 0.255 e. The fourth-order valence-electron chi connectivity index (χ4n) is 3.82. The Bertz CT molecular complexity index is 1450. The highest BCUT2D eigenvalue weighted by molar-refractivity contribution is 6.05. The predicted molar refractivity (Wildman–Crippen MR) is 136 cm³/mol. The van der Waals surface area contributed by atoms with Gasteiger partial charge in [0.15, 0.2) is 5.58 Å². The van der Waals surface area contributed by atoms with E-state index >= 15 is 0 Å². The number of ether oxygens (including phenoxy) is 1. The number of carbonyl (C=O) groups is 1. The first-order valence-corrected chi connectivity index (χ1v) is 11.5. The van der Waals surface area contributed by atoms with Gasteiger partial charge in [-0.15, -0.1) is 0 Å². The molecule has 170 valence electrons. The van der Waals surface area contributed by atoms with Crippen molar-refractivity contribution in [3.63, 3.8) is 0 Å². The minimum absolute atomic E-state index is 0.185. The standard InChI is InChI=1S/C29H26N2O3/c1-19(2)16-17-33-24-8-5-7-22(18-24)28(32)30-23-13-10-21(11-14-23)29-31-27-25-9-4-3-6-20(25)12-15-26(27)34-29/h3-15,18-19H,16-17H2,1-2H3,(H,30,32). The fourth-order valence-corrected chi connectivity index (χ4v) is 3.82. The van der Waals surface area contributed by atoms with Crippen molar-refractivity contribution in [3.05, 3.63) is 90.5 Å². The van der Waals surface area contributed by atoms with E-state index in [1.54, 1.807) is 12.1 Å². The Morgan fingerprint density at radius 2 is 1.79 bits per heavy atom. The summed E-state index contributed by atoms with van der Waals surface area (Å²) in [6.07, 6.45) is 0.971. The summed E-state index contributed by atoms with van der Waals surface area (Å²) in [4.78, 5) is 17.5. The quantitative estimate of drug-likeness (QED) is 0.282.